The third-order valence-electron chi connectivity index (χ3n) is 14.5. The predicted octanol–water partition coefficient (Wildman–Crippen LogP) is 19.6. The van der Waals surface area contributed by atoms with Crippen molar-refractivity contribution in [2.24, 2.45) is 0 Å². The molecule has 0 atom stereocenters. The summed E-state index contributed by atoms with van der Waals surface area (Å²) in [5, 5.41) is 9.70. The molecule has 0 unspecified atom stereocenters. The van der Waals surface area contributed by atoms with E-state index in [2.05, 4.69) is 300 Å². The molecule has 0 aliphatic heterocycles. The first-order valence-electron chi connectivity index (χ1n) is 25.4. The fourth-order valence-electron chi connectivity index (χ4n) is 11.2. The summed E-state index contributed by atoms with van der Waals surface area (Å²) in [7, 11) is 0. The van der Waals surface area contributed by atoms with Crippen molar-refractivity contribution >= 4 is 105 Å². The molecule has 0 aliphatic rings. The van der Waals surface area contributed by atoms with E-state index in [1.807, 2.05) is 0 Å². The second-order valence-electron chi connectivity index (χ2n) is 18.7. The number of nitrogens with zero attached hydrogens (tertiary/aromatic N) is 4. The number of rotatable bonds is 11. The Bertz CT molecular complexity index is 4240. The molecular weight excluding hydrogens is 885 g/mol. The highest BCUT2D eigenvalue weighted by Crippen LogP contribution is 2.45. The molecule has 0 bridgehead atoms. The predicted molar refractivity (Wildman–Crippen MR) is 313 cm³/mol. The molecule has 11 aromatic carbocycles. The van der Waals surface area contributed by atoms with Crippen molar-refractivity contribution in [3.63, 3.8) is 0 Å². The number of fused-ring (bicyclic) bond motifs is 8. The highest BCUT2D eigenvalue weighted by atomic mass is 15.2. The van der Waals surface area contributed by atoms with E-state index in [1.165, 1.54) is 70.9 Å². The lowest BCUT2D eigenvalue weighted by Gasteiger charge is -2.28. The molecule has 2 aromatic heterocycles. The summed E-state index contributed by atoms with van der Waals surface area (Å²) in [6.45, 7) is 4.29. The maximum atomic E-state index is 2.42. The first-order chi connectivity index (χ1) is 36.1. The monoisotopic (exact) mass is 936 g/mol. The Morgan fingerprint density at radius 2 is 0.808 bits per heavy atom. The SMILES string of the molecule is C/C=C\C(=C/CC)n1c2ccccc2c2cc(N(c3ccc(-c4ccc(N(c5ccc6c(c5)c5ccccc5n6-c5ccccc5)c5cccc6ccccc56)cc4)cc3)c3cccc4ccccc34)ccc21. The summed E-state index contributed by atoms with van der Waals surface area (Å²) >= 11 is 0. The molecule has 4 nitrogen and oxygen atoms in total. The molecule has 0 saturated carbocycles. The molecule has 73 heavy (non-hydrogen) atoms. The lowest BCUT2D eigenvalue weighted by molar-refractivity contribution is 1.16. The summed E-state index contributed by atoms with van der Waals surface area (Å²) in [4.78, 5) is 4.84. The third kappa shape index (κ3) is 7.55. The summed E-state index contributed by atoms with van der Waals surface area (Å²) < 4.78 is 4.79. The average molecular weight is 937 g/mol. The number of para-hydroxylation sites is 3. The first kappa shape index (κ1) is 43.6. The quantitative estimate of drug-likeness (QED) is 0.120. The van der Waals surface area contributed by atoms with Gasteiger partial charge in [-0.3, -0.25) is 0 Å². The Morgan fingerprint density at radius 1 is 0.384 bits per heavy atom. The largest absolute Gasteiger partial charge is 0.310 e. The van der Waals surface area contributed by atoms with Crippen LogP contribution in [0.15, 0.2) is 267 Å². The van der Waals surface area contributed by atoms with E-state index in [1.54, 1.807) is 0 Å². The van der Waals surface area contributed by atoms with Crippen LogP contribution in [-0.2, 0) is 0 Å². The van der Waals surface area contributed by atoms with Crippen molar-refractivity contribution in [3.8, 4) is 16.8 Å². The van der Waals surface area contributed by atoms with Gasteiger partial charge in [-0.2, -0.15) is 0 Å². The second-order valence-corrected chi connectivity index (χ2v) is 18.7. The van der Waals surface area contributed by atoms with E-state index in [0.717, 1.165) is 57.4 Å². The van der Waals surface area contributed by atoms with Crippen LogP contribution in [-0.4, -0.2) is 9.13 Å². The minimum Gasteiger partial charge on any atom is -0.310 e. The Labute approximate surface area is 425 Å². The Kier molecular flexibility index (Phi) is 11.0. The second kappa shape index (κ2) is 18.4. The maximum absolute atomic E-state index is 2.42. The van der Waals surface area contributed by atoms with Crippen molar-refractivity contribution in [2.75, 3.05) is 9.80 Å². The standard InChI is InChI=1S/C69H52N4/c1-3-18-52(19-4-2)72-66-30-14-12-28-60(66)62-46-56(42-44-68(62)72)70(64-32-16-22-50-20-8-10-26-58(50)64)54-38-34-48(35-39-54)49-36-40-55(41-37-49)71(65-33-17-23-51-21-9-11-27-59(51)65)57-43-45-69-63(47-57)61-29-13-15-31-67(61)73(69)53-24-6-5-7-25-53/h3,5-47H,4H2,1-2H3/b18-3-,52-19+. The molecule has 13 rings (SSSR count). The number of hydrogen-bond acceptors (Lipinski definition) is 2. The number of allylic oxidation sites excluding steroid dienone is 4. The molecular formula is C69H52N4. The van der Waals surface area contributed by atoms with Gasteiger partial charge in [0.15, 0.2) is 0 Å². The normalized spacial score (nSPS) is 12.1. The zero-order valence-electron chi connectivity index (χ0n) is 40.9. The molecule has 2 heterocycles. The van der Waals surface area contributed by atoms with Gasteiger partial charge >= 0.3 is 0 Å². The van der Waals surface area contributed by atoms with Crippen molar-refractivity contribution < 1.29 is 0 Å². The zero-order chi connectivity index (χ0) is 48.8. The van der Waals surface area contributed by atoms with Crippen LogP contribution < -0.4 is 9.80 Å². The lowest BCUT2D eigenvalue weighted by Crippen LogP contribution is -2.10. The van der Waals surface area contributed by atoms with Gasteiger partial charge < -0.3 is 18.9 Å². The molecule has 0 spiro atoms. The Hall–Kier alpha value is -9.38. The van der Waals surface area contributed by atoms with E-state index in [-0.39, 0.29) is 0 Å². The average Bonchev–Trinajstić information content (AvgIpc) is 3.96. The summed E-state index contributed by atoms with van der Waals surface area (Å²) in [5.74, 6) is 0. The van der Waals surface area contributed by atoms with Crippen LogP contribution in [0.4, 0.5) is 34.1 Å². The van der Waals surface area contributed by atoms with Gasteiger partial charge in [-0.1, -0.05) is 171 Å². The van der Waals surface area contributed by atoms with Crippen LogP contribution in [0.2, 0.25) is 0 Å². The fraction of sp³-hybridized carbons (Fsp3) is 0.0435. The van der Waals surface area contributed by atoms with Crippen LogP contribution in [0.1, 0.15) is 20.3 Å². The molecule has 0 amide bonds. The van der Waals surface area contributed by atoms with Crippen LogP contribution in [0.3, 0.4) is 0 Å². The Morgan fingerprint density at radius 3 is 1.37 bits per heavy atom. The number of aromatic nitrogens is 2. The lowest BCUT2D eigenvalue weighted by atomic mass is 10.0. The van der Waals surface area contributed by atoms with E-state index in [9.17, 15) is 0 Å². The summed E-state index contributed by atoms with van der Waals surface area (Å²) in [5.41, 5.74) is 16.0. The van der Waals surface area contributed by atoms with Gasteiger partial charge in [0.05, 0.1) is 33.4 Å². The highest BCUT2D eigenvalue weighted by molar-refractivity contribution is 6.13. The summed E-state index contributed by atoms with van der Waals surface area (Å²) in [6, 6.07) is 90.9. The van der Waals surface area contributed by atoms with Crippen LogP contribution >= 0.6 is 0 Å². The topological polar surface area (TPSA) is 16.3 Å². The van der Waals surface area contributed by atoms with Crippen LogP contribution in [0.5, 0.6) is 0 Å². The van der Waals surface area contributed by atoms with Gasteiger partial charge in [0.25, 0.3) is 0 Å². The number of hydrogen-bond donors (Lipinski definition) is 0. The molecule has 0 saturated heterocycles. The van der Waals surface area contributed by atoms with E-state index >= 15 is 0 Å². The van der Waals surface area contributed by atoms with Gasteiger partial charge in [0.2, 0.25) is 0 Å². The molecule has 13 aromatic rings. The zero-order valence-corrected chi connectivity index (χ0v) is 40.9. The Balaban J connectivity index is 0.910. The molecule has 0 fully saturated rings. The highest BCUT2D eigenvalue weighted by Gasteiger charge is 2.22. The van der Waals surface area contributed by atoms with Crippen molar-refractivity contribution in [1.82, 2.24) is 9.13 Å². The molecule has 0 N–H and O–H groups in total. The third-order valence-corrected chi connectivity index (χ3v) is 14.5. The smallest absolute Gasteiger partial charge is 0.0542 e. The molecule has 0 aliphatic carbocycles. The van der Waals surface area contributed by atoms with Crippen molar-refractivity contribution in [2.45, 2.75) is 20.3 Å². The van der Waals surface area contributed by atoms with Crippen LogP contribution in [0.25, 0.3) is 87.7 Å². The van der Waals surface area contributed by atoms with Crippen molar-refractivity contribution in [3.05, 3.63) is 267 Å². The van der Waals surface area contributed by atoms with Gasteiger partial charge in [-0.05, 0) is 138 Å². The van der Waals surface area contributed by atoms with Gasteiger partial charge in [0.1, 0.15) is 0 Å². The fourth-order valence-corrected chi connectivity index (χ4v) is 11.2. The van der Waals surface area contributed by atoms with Gasteiger partial charge in [-0.25, -0.2) is 0 Å². The number of anilines is 6. The van der Waals surface area contributed by atoms with Crippen LogP contribution in [0, 0.1) is 0 Å². The minimum atomic E-state index is 0.949. The first-order valence-corrected chi connectivity index (χ1v) is 25.4. The molecule has 348 valence electrons. The van der Waals surface area contributed by atoms with Gasteiger partial charge in [0, 0.05) is 66.5 Å². The van der Waals surface area contributed by atoms with E-state index in [0.29, 0.717) is 0 Å². The minimum absolute atomic E-state index is 0.949. The van der Waals surface area contributed by atoms with E-state index < -0.39 is 0 Å². The van der Waals surface area contributed by atoms with Gasteiger partial charge in [-0.15, -0.1) is 0 Å². The number of benzene rings is 11. The maximum Gasteiger partial charge on any atom is 0.0542 e. The molecule has 4 heteroatoms. The molecule has 0 radical (unpaired) electrons. The summed E-state index contributed by atoms with van der Waals surface area (Å²) in [6.07, 6.45) is 7.61. The van der Waals surface area contributed by atoms with Crippen molar-refractivity contribution in [1.29, 1.82) is 0 Å². The van der Waals surface area contributed by atoms with E-state index in [4.69, 9.17) is 0 Å².